The van der Waals surface area contributed by atoms with Crippen molar-refractivity contribution in [2.75, 3.05) is 32.7 Å². The first-order valence-electron chi connectivity index (χ1n) is 14.2. The molecular weight excluding hydrogens is 498 g/mol. The molecule has 0 spiro atoms. The normalized spacial score (nSPS) is 18.6. The molecule has 3 aromatic rings. The number of ether oxygens (including phenoxy) is 1. The summed E-state index contributed by atoms with van der Waals surface area (Å²) in [6.45, 7) is 16.3. The Bertz CT molecular complexity index is 1290. The summed E-state index contributed by atoms with van der Waals surface area (Å²) in [5.74, 6) is 0.188. The number of hydrogen-bond acceptors (Lipinski definition) is 5. The van der Waals surface area contributed by atoms with Crippen LogP contribution in [-0.2, 0) is 0 Å². The highest BCUT2D eigenvalue weighted by molar-refractivity contribution is 5.94. The van der Waals surface area contributed by atoms with Gasteiger partial charge in [-0.1, -0.05) is 54.6 Å². The van der Waals surface area contributed by atoms with Gasteiger partial charge in [0.2, 0.25) is 0 Å². The van der Waals surface area contributed by atoms with Gasteiger partial charge in [-0.25, -0.2) is 4.79 Å². The van der Waals surface area contributed by atoms with E-state index in [4.69, 9.17) is 4.74 Å². The van der Waals surface area contributed by atoms with Crippen LogP contribution in [0, 0.1) is 0 Å². The zero-order valence-corrected chi connectivity index (χ0v) is 24.1. The number of carbonyl (C=O) groups is 2. The van der Waals surface area contributed by atoms with E-state index in [-0.39, 0.29) is 24.0 Å². The van der Waals surface area contributed by atoms with E-state index in [0.717, 1.165) is 30.8 Å². The SMILES string of the molecule is C=CCN1C[C@H](C)N([C@H](c2ccc(C(=O)N(CC)CC)cc2)c2ccccc2OC(=O)c2ccccc2)C[C@H]1C. The Morgan fingerprint density at radius 1 is 0.900 bits per heavy atom. The molecule has 1 fully saturated rings. The summed E-state index contributed by atoms with van der Waals surface area (Å²) in [7, 11) is 0. The third kappa shape index (κ3) is 6.52. The average Bonchev–Trinajstić information content (AvgIpc) is 2.98. The zero-order valence-electron chi connectivity index (χ0n) is 24.1. The second kappa shape index (κ2) is 13.6. The van der Waals surface area contributed by atoms with Gasteiger partial charge in [-0.2, -0.15) is 0 Å². The molecule has 1 heterocycles. The molecule has 40 heavy (non-hydrogen) atoms. The van der Waals surface area contributed by atoms with Crippen molar-refractivity contribution >= 4 is 11.9 Å². The largest absolute Gasteiger partial charge is 0.423 e. The number of benzene rings is 3. The van der Waals surface area contributed by atoms with Crippen LogP contribution in [0.4, 0.5) is 0 Å². The van der Waals surface area contributed by atoms with Gasteiger partial charge in [-0.05, 0) is 63.6 Å². The number of piperazine rings is 1. The van der Waals surface area contributed by atoms with Crippen LogP contribution in [0.15, 0.2) is 91.5 Å². The van der Waals surface area contributed by atoms with Gasteiger partial charge in [0.25, 0.3) is 5.91 Å². The molecule has 0 aliphatic carbocycles. The monoisotopic (exact) mass is 539 g/mol. The fraction of sp³-hybridized carbons (Fsp3) is 0.353. The van der Waals surface area contributed by atoms with Crippen LogP contribution >= 0.6 is 0 Å². The predicted molar refractivity (Wildman–Crippen MR) is 161 cm³/mol. The lowest BCUT2D eigenvalue weighted by Gasteiger charge is -2.47. The summed E-state index contributed by atoms with van der Waals surface area (Å²) in [5.41, 5.74) is 3.15. The molecule has 6 nitrogen and oxygen atoms in total. The lowest BCUT2D eigenvalue weighted by atomic mass is 9.92. The van der Waals surface area contributed by atoms with Gasteiger partial charge < -0.3 is 9.64 Å². The van der Waals surface area contributed by atoms with Crippen LogP contribution < -0.4 is 4.74 Å². The number of hydrogen-bond donors (Lipinski definition) is 0. The highest BCUT2D eigenvalue weighted by Gasteiger charge is 2.36. The Labute approximate surface area is 238 Å². The highest BCUT2D eigenvalue weighted by Crippen LogP contribution is 2.38. The van der Waals surface area contributed by atoms with Crippen molar-refractivity contribution in [1.29, 1.82) is 0 Å². The Kier molecular flexibility index (Phi) is 9.91. The molecule has 0 bridgehead atoms. The molecule has 3 atom stereocenters. The fourth-order valence-corrected chi connectivity index (χ4v) is 5.59. The second-order valence-electron chi connectivity index (χ2n) is 10.4. The minimum atomic E-state index is -0.385. The molecule has 4 rings (SSSR count). The van der Waals surface area contributed by atoms with Crippen molar-refractivity contribution in [1.82, 2.24) is 14.7 Å². The maximum atomic E-state index is 13.1. The Hall–Kier alpha value is -3.74. The molecule has 210 valence electrons. The van der Waals surface area contributed by atoms with Crippen molar-refractivity contribution in [2.45, 2.75) is 45.8 Å². The summed E-state index contributed by atoms with van der Waals surface area (Å²) >= 11 is 0. The minimum absolute atomic E-state index is 0.0327. The van der Waals surface area contributed by atoms with E-state index in [1.54, 1.807) is 12.1 Å². The van der Waals surface area contributed by atoms with Gasteiger partial charge in [-0.3, -0.25) is 14.6 Å². The fourth-order valence-electron chi connectivity index (χ4n) is 5.59. The Morgan fingerprint density at radius 2 is 1.55 bits per heavy atom. The maximum absolute atomic E-state index is 13.1. The Morgan fingerprint density at radius 3 is 2.20 bits per heavy atom. The molecule has 0 aromatic heterocycles. The standard InChI is InChI=1S/C34H41N3O3/c1-6-22-36-23-26(5)37(24-25(36)4)32(27-18-20-28(21-19-27)33(38)35(7-2)8-3)30-16-12-13-17-31(30)40-34(39)29-14-10-9-11-15-29/h6,9-21,25-26,32H,1,7-8,22-24H2,2-5H3/t25-,26+,32-/m1/s1. The molecule has 0 radical (unpaired) electrons. The lowest BCUT2D eigenvalue weighted by Crippen LogP contribution is -2.57. The van der Waals surface area contributed by atoms with Crippen molar-refractivity contribution in [3.05, 3.63) is 114 Å². The van der Waals surface area contributed by atoms with Crippen molar-refractivity contribution in [3.63, 3.8) is 0 Å². The van der Waals surface area contributed by atoms with Crippen molar-refractivity contribution in [2.24, 2.45) is 0 Å². The lowest BCUT2D eigenvalue weighted by molar-refractivity contribution is 0.0298. The number of rotatable bonds is 10. The molecule has 1 aliphatic heterocycles. The van der Waals surface area contributed by atoms with E-state index in [2.05, 4.69) is 30.2 Å². The van der Waals surface area contributed by atoms with Crippen LogP contribution in [0.3, 0.4) is 0 Å². The summed E-state index contributed by atoms with van der Waals surface area (Å²) in [4.78, 5) is 32.8. The van der Waals surface area contributed by atoms with Gasteiger partial charge >= 0.3 is 5.97 Å². The first kappa shape index (κ1) is 29.2. The van der Waals surface area contributed by atoms with E-state index in [9.17, 15) is 9.59 Å². The van der Waals surface area contributed by atoms with Crippen LogP contribution in [0.25, 0.3) is 0 Å². The van der Waals surface area contributed by atoms with E-state index in [0.29, 0.717) is 36.0 Å². The smallest absolute Gasteiger partial charge is 0.343 e. The maximum Gasteiger partial charge on any atom is 0.343 e. The number of amides is 1. The zero-order chi connectivity index (χ0) is 28.6. The van der Waals surface area contributed by atoms with Crippen LogP contribution in [0.5, 0.6) is 5.75 Å². The summed E-state index contributed by atoms with van der Waals surface area (Å²) in [6.07, 6.45) is 1.96. The average molecular weight is 540 g/mol. The molecule has 3 aromatic carbocycles. The van der Waals surface area contributed by atoms with Crippen molar-refractivity contribution in [3.8, 4) is 5.75 Å². The van der Waals surface area contributed by atoms with Gasteiger partial charge in [0.1, 0.15) is 5.75 Å². The first-order chi connectivity index (χ1) is 19.4. The molecule has 0 saturated carbocycles. The predicted octanol–water partition coefficient (Wildman–Crippen LogP) is 6.06. The van der Waals surface area contributed by atoms with E-state index >= 15 is 0 Å². The molecule has 0 unspecified atom stereocenters. The van der Waals surface area contributed by atoms with E-state index in [1.165, 1.54) is 0 Å². The summed E-state index contributed by atoms with van der Waals surface area (Å²) < 4.78 is 6.02. The van der Waals surface area contributed by atoms with E-state index in [1.807, 2.05) is 91.6 Å². The second-order valence-corrected chi connectivity index (χ2v) is 10.4. The molecule has 6 heteroatoms. The molecule has 1 saturated heterocycles. The third-order valence-corrected chi connectivity index (χ3v) is 7.81. The number of esters is 1. The van der Waals surface area contributed by atoms with Crippen LogP contribution in [0.1, 0.15) is 65.6 Å². The van der Waals surface area contributed by atoms with Gasteiger partial charge in [0, 0.05) is 55.9 Å². The number of para-hydroxylation sites is 1. The number of nitrogens with zero attached hydrogens (tertiary/aromatic N) is 3. The van der Waals surface area contributed by atoms with Gasteiger partial charge in [-0.15, -0.1) is 6.58 Å². The van der Waals surface area contributed by atoms with Gasteiger partial charge in [0.15, 0.2) is 0 Å². The van der Waals surface area contributed by atoms with Crippen molar-refractivity contribution < 1.29 is 14.3 Å². The molecule has 1 amide bonds. The van der Waals surface area contributed by atoms with E-state index < -0.39 is 0 Å². The Balaban J connectivity index is 1.74. The molecule has 0 N–H and O–H groups in total. The quantitative estimate of drug-likeness (QED) is 0.178. The van der Waals surface area contributed by atoms with Crippen LogP contribution in [0.2, 0.25) is 0 Å². The third-order valence-electron chi connectivity index (χ3n) is 7.81. The number of carbonyl (C=O) groups excluding carboxylic acids is 2. The minimum Gasteiger partial charge on any atom is -0.423 e. The highest BCUT2D eigenvalue weighted by atomic mass is 16.5. The van der Waals surface area contributed by atoms with Gasteiger partial charge in [0.05, 0.1) is 11.6 Å². The topological polar surface area (TPSA) is 53.1 Å². The van der Waals surface area contributed by atoms with Crippen LogP contribution in [-0.4, -0.2) is 71.4 Å². The summed E-state index contributed by atoms with van der Waals surface area (Å²) in [5, 5.41) is 0. The summed E-state index contributed by atoms with van der Waals surface area (Å²) in [6, 6.07) is 25.2. The molecular formula is C34H41N3O3. The molecule has 1 aliphatic rings. The first-order valence-corrected chi connectivity index (χ1v) is 14.2.